The Labute approximate surface area is 337 Å². The highest BCUT2D eigenvalue weighted by atomic mass is 32.2. The molecule has 0 radical (unpaired) electrons. The van der Waals surface area contributed by atoms with E-state index in [9.17, 15) is 13.5 Å². The molecule has 7 aromatic rings. The van der Waals surface area contributed by atoms with Crippen LogP contribution in [0.5, 0.6) is 0 Å². The van der Waals surface area contributed by atoms with Gasteiger partial charge in [0.1, 0.15) is 5.69 Å². The van der Waals surface area contributed by atoms with Gasteiger partial charge in [0.05, 0.1) is 23.7 Å². The number of thioether (sulfide) groups is 1. The van der Waals surface area contributed by atoms with Gasteiger partial charge in [0, 0.05) is 34.9 Å². The molecule has 0 unspecified atom stereocenters. The van der Waals surface area contributed by atoms with Crippen LogP contribution in [0.1, 0.15) is 41.6 Å². The number of hydrogen-bond donors (Lipinski definition) is 2. The van der Waals surface area contributed by atoms with E-state index in [0.29, 0.717) is 11.0 Å². The van der Waals surface area contributed by atoms with Gasteiger partial charge < -0.3 is 19.0 Å². The third-order valence-electron chi connectivity index (χ3n) is 10.1. The van der Waals surface area contributed by atoms with Gasteiger partial charge in [-0.2, -0.15) is 0 Å². The number of nitrogens with zero attached hydrogens (tertiary/aromatic N) is 1. The molecule has 1 aliphatic rings. The number of rotatable bonds is 13. The van der Waals surface area contributed by atoms with Crippen LogP contribution in [0.15, 0.2) is 178 Å². The molecular formula is C47H42N2O6S2. The largest absolute Gasteiger partial charge is 0.431 e. The summed E-state index contributed by atoms with van der Waals surface area (Å²) in [5.41, 5.74) is 8.24. The van der Waals surface area contributed by atoms with Gasteiger partial charge in [0.25, 0.3) is 5.22 Å². The average molecular weight is 795 g/mol. The van der Waals surface area contributed by atoms with Gasteiger partial charge in [-0.1, -0.05) is 164 Å². The van der Waals surface area contributed by atoms with E-state index in [2.05, 4.69) is 11.6 Å². The Kier molecular flexibility index (Phi) is 11.8. The SMILES string of the molecule is C[C@H]1[C@@H](CSc2nc(-c3ccccc3)c(-c3ccccc3)o2)O[C@@H](c2ccc(-c3cccc(CNS(=O)(=O)c4ccccc4)c3)cc2)O[C@H]1c1ccc(CO)cc1. The first-order valence-corrected chi connectivity index (χ1v) is 21.3. The van der Waals surface area contributed by atoms with Gasteiger partial charge in [-0.3, -0.25) is 0 Å². The summed E-state index contributed by atoms with van der Waals surface area (Å²) in [5, 5.41) is 10.3. The van der Waals surface area contributed by atoms with E-state index < -0.39 is 16.3 Å². The molecule has 288 valence electrons. The lowest BCUT2D eigenvalue weighted by atomic mass is 9.91. The maximum Gasteiger partial charge on any atom is 0.256 e. The standard InChI is InChI=1S/C47H42N2O6S2/c1-32-42(31-56-47-49-43(36-13-5-2-6-14-36)45(55-47)37-15-7-3-8-16-37)53-46(54-44(32)38-22-20-33(30-50)21-23-38)39-26-24-35(25-27-39)40-17-11-12-34(28-40)29-48-57(51,52)41-18-9-4-10-19-41/h2-28,32,42,44,46,48,50H,29-31H2,1H3/t32-,42+,44+,46+/m0/s1. The minimum atomic E-state index is -3.63. The van der Waals surface area contributed by atoms with E-state index >= 15 is 0 Å². The van der Waals surface area contributed by atoms with E-state index in [4.69, 9.17) is 18.9 Å². The zero-order chi connectivity index (χ0) is 39.2. The molecule has 8 rings (SSSR count). The molecule has 1 saturated heterocycles. The van der Waals surface area contributed by atoms with Crippen molar-refractivity contribution in [1.29, 1.82) is 0 Å². The lowest BCUT2D eigenvalue weighted by Crippen LogP contribution is -2.38. The van der Waals surface area contributed by atoms with Crippen molar-refractivity contribution < 1.29 is 27.4 Å². The summed E-state index contributed by atoms with van der Waals surface area (Å²) in [6.45, 7) is 2.28. The number of benzene rings is 6. The molecule has 10 heteroatoms. The summed E-state index contributed by atoms with van der Waals surface area (Å²) in [6, 6.07) is 52.3. The highest BCUT2D eigenvalue weighted by Crippen LogP contribution is 2.44. The number of aliphatic hydroxyl groups is 1. The number of nitrogens with one attached hydrogen (secondary N) is 1. The third kappa shape index (κ3) is 8.97. The number of oxazole rings is 1. The van der Waals surface area contributed by atoms with E-state index in [0.717, 1.165) is 56.0 Å². The zero-order valence-electron chi connectivity index (χ0n) is 31.3. The van der Waals surface area contributed by atoms with Crippen molar-refractivity contribution >= 4 is 21.8 Å². The van der Waals surface area contributed by atoms with E-state index in [1.165, 1.54) is 11.8 Å². The summed E-state index contributed by atoms with van der Waals surface area (Å²) in [5.74, 6) is 1.28. The van der Waals surface area contributed by atoms with Crippen molar-refractivity contribution in [3.8, 4) is 33.7 Å². The highest BCUT2D eigenvalue weighted by molar-refractivity contribution is 7.99. The fourth-order valence-corrected chi connectivity index (χ4v) is 8.98. The van der Waals surface area contributed by atoms with Crippen LogP contribution in [0.4, 0.5) is 0 Å². The maximum atomic E-state index is 12.8. The first-order valence-electron chi connectivity index (χ1n) is 18.8. The van der Waals surface area contributed by atoms with Crippen molar-refractivity contribution in [2.24, 2.45) is 5.92 Å². The number of aliphatic hydroxyl groups excluding tert-OH is 1. The van der Waals surface area contributed by atoms with Crippen LogP contribution in [0.3, 0.4) is 0 Å². The maximum absolute atomic E-state index is 12.8. The van der Waals surface area contributed by atoms with Gasteiger partial charge in [-0.25, -0.2) is 18.1 Å². The minimum absolute atomic E-state index is 0.0211. The molecule has 1 aromatic heterocycles. The van der Waals surface area contributed by atoms with Gasteiger partial charge in [0.2, 0.25) is 10.0 Å². The van der Waals surface area contributed by atoms with Crippen LogP contribution < -0.4 is 4.72 Å². The van der Waals surface area contributed by atoms with Crippen molar-refractivity contribution in [3.05, 3.63) is 186 Å². The minimum Gasteiger partial charge on any atom is -0.431 e. The van der Waals surface area contributed by atoms with Gasteiger partial charge in [-0.15, -0.1) is 0 Å². The third-order valence-corrected chi connectivity index (χ3v) is 12.5. The summed E-state index contributed by atoms with van der Waals surface area (Å²) < 4.78 is 48.3. The number of sulfonamides is 1. The second-order valence-corrected chi connectivity index (χ2v) is 16.7. The number of ether oxygens (including phenoxy) is 2. The first-order chi connectivity index (χ1) is 27.8. The molecule has 2 heterocycles. The molecule has 6 aromatic carbocycles. The zero-order valence-corrected chi connectivity index (χ0v) is 32.9. The van der Waals surface area contributed by atoms with E-state index in [1.807, 2.05) is 133 Å². The van der Waals surface area contributed by atoms with Crippen molar-refractivity contribution in [2.75, 3.05) is 5.75 Å². The molecule has 1 fully saturated rings. The second-order valence-electron chi connectivity index (χ2n) is 14.0. The van der Waals surface area contributed by atoms with Crippen LogP contribution in [0.25, 0.3) is 33.7 Å². The Balaban J connectivity index is 1.02. The summed E-state index contributed by atoms with van der Waals surface area (Å²) >= 11 is 1.53. The Morgan fingerprint density at radius 2 is 1.30 bits per heavy atom. The van der Waals surface area contributed by atoms with Gasteiger partial charge in [0.15, 0.2) is 12.1 Å². The molecule has 0 bridgehead atoms. The molecule has 0 saturated carbocycles. The highest BCUT2D eigenvalue weighted by Gasteiger charge is 2.38. The Morgan fingerprint density at radius 3 is 1.98 bits per heavy atom. The molecular weight excluding hydrogens is 753 g/mol. The summed E-state index contributed by atoms with van der Waals surface area (Å²) in [7, 11) is -3.63. The smallest absolute Gasteiger partial charge is 0.256 e. The molecule has 4 atom stereocenters. The number of hydrogen-bond acceptors (Lipinski definition) is 8. The molecule has 0 spiro atoms. The lowest BCUT2D eigenvalue weighted by Gasteiger charge is -2.41. The first kappa shape index (κ1) is 38.5. The normalized spacial score (nSPS) is 18.4. The number of aromatic nitrogens is 1. The predicted octanol–water partition coefficient (Wildman–Crippen LogP) is 10.2. The van der Waals surface area contributed by atoms with Crippen molar-refractivity contribution in [1.82, 2.24) is 9.71 Å². The van der Waals surface area contributed by atoms with Crippen LogP contribution >= 0.6 is 11.8 Å². The molecule has 2 N–H and O–H groups in total. The predicted molar refractivity (Wildman–Crippen MR) is 223 cm³/mol. The molecule has 0 aliphatic carbocycles. The lowest BCUT2D eigenvalue weighted by molar-refractivity contribution is -0.268. The second kappa shape index (κ2) is 17.4. The van der Waals surface area contributed by atoms with Crippen molar-refractivity contribution in [3.63, 3.8) is 0 Å². The fourth-order valence-electron chi connectivity index (χ4n) is 6.96. The Hall–Kier alpha value is -5.33. The van der Waals surface area contributed by atoms with Crippen LogP contribution in [-0.2, 0) is 32.6 Å². The van der Waals surface area contributed by atoms with Crippen LogP contribution in [-0.4, -0.2) is 30.4 Å². The molecule has 8 nitrogen and oxygen atoms in total. The van der Waals surface area contributed by atoms with Crippen LogP contribution in [0, 0.1) is 5.92 Å². The quantitative estimate of drug-likeness (QED) is 0.111. The van der Waals surface area contributed by atoms with Gasteiger partial charge in [-0.05, 0) is 46.0 Å². The Morgan fingerprint density at radius 1 is 0.667 bits per heavy atom. The fraction of sp³-hybridized carbons (Fsp3) is 0.170. The topological polar surface area (TPSA) is 111 Å². The molecule has 1 aliphatic heterocycles. The summed E-state index contributed by atoms with van der Waals surface area (Å²) in [4.78, 5) is 5.21. The molecule has 0 amide bonds. The van der Waals surface area contributed by atoms with E-state index in [1.54, 1.807) is 30.3 Å². The Bertz CT molecular complexity index is 2440. The van der Waals surface area contributed by atoms with Gasteiger partial charge >= 0.3 is 0 Å². The monoisotopic (exact) mass is 794 g/mol. The summed E-state index contributed by atoms with van der Waals surface area (Å²) in [6.07, 6.45) is -1.15. The molecule has 57 heavy (non-hydrogen) atoms. The van der Waals surface area contributed by atoms with Crippen LogP contribution in [0.2, 0.25) is 0 Å². The average Bonchev–Trinajstić information content (AvgIpc) is 3.71. The van der Waals surface area contributed by atoms with Crippen molar-refractivity contribution in [2.45, 2.75) is 48.7 Å². The van der Waals surface area contributed by atoms with E-state index in [-0.39, 0.29) is 36.2 Å².